The van der Waals surface area contributed by atoms with Crippen molar-refractivity contribution in [1.82, 2.24) is 5.32 Å². The Bertz CT molecular complexity index is 856. The number of nitrogens with one attached hydrogen (secondary N) is 1. The minimum absolute atomic E-state index is 0.00207. The van der Waals surface area contributed by atoms with Crippen LogP contribution < -0.4 is 5.32 Å². The van der Waals surface area contributed by atoms with Crippen LogP contribution in [0.3, 0.4) is 0 Å². The molecule has 2 aromatic rings. The molecule has 1 amide bonds. The van der Waals surface area contributed by atoms with Crippen molar-refractivity contribution in [3.63, 3.8) is 0 Å². The number of ketones is 1. The molecule has 0 saturated heterocycles. The zero-order valence-corrected chi connectivity index (χ0v) is 17.1. The standard InChI is InChI=1S/C23H27NO4/c1-15-10-16(2)12-18(11-15)22(27)24-13-21(26)28-14-20(25)17-6-8-19(9-7-17)23(3,4)5/h6-12H,13-14H2,1-5H3,(H,24,27). The van der Waals surface area contributed by atoms with Gasteiger partial charge in [-0.2, -0.15) is 0 Å². The van der Waals surface area contributed by atoms with Crippen LogP contribution in [0.15, 0.2) is 42.5 Å². The topological polar surface area (TPSA) is 72.5 Å². The summed E-state index contributed by atoms with van der Waals surface area (Å²) in [6.07, 6.45) is 0. The molecule has 0 bridgehead atoms. The van der Waals surface area contributed by atoms with Crippen molar-refractivity contribution >= 4 is 17.7 Å². The van der Waals surface area contributed by atoms with Crippen molar-refractivity contribution < 1.29 is 19.1 Å². The molecule has 2 aromatic carbocycles. The van der Waals surface area contributed by atoms with Crippen LogP contribution in [0.5, 0.6) is 0 Å². The number of rotatable bonds is 6. The molecule has 0 saturated carbocycles. The normalized spacial score (nSPS) is 11.0. The van der Waals surface area contributed by atoms with Crippen molar-refractivity contribution in [2.75, 3.05) is 13.2 Å². The van der Waals surface area contributed by atoms with Crippen LogP contribution in [-0.2, 0) is 14.9 Å². The third kappa shape index (κ3) is 6.05. The van der Waals surface area contributed by atoms with Gasteiger partial charge in [-0.15, -0.1) is 0 Å². The van der Waals surface area contributed by atoms with Gasteiger partial charge < -0.3 is 10.1 Å². The molecule has 0 aromatic heterocycles. The summed E-state index contributed by atoms with van der Waals surface area (Å²) in [5.74, 6) is -1.29. The third-order valence-electron chi connectivity index (χ3n) is 4.31. The zero-order valence-electron chi connectivity index (χ0n) is 17.1. The maximum absolute atomic E-state index is 12.2. The van der Waals surface area contributed by atoms with Gasteiger partial charge in [-0.3, -0.25) is 14.4 Å². The number of esters is 1. The number of aryl methyl sites for hydroxylation is 2. The minimum atomic E-state index is -0.655. The van der Waals surface area contributed by atoms with E-state index in [1.807, 2.05) is 32.0 Å². The van der Waals surface area contributed by atoms with Crippen molar-refractivity contribution in [3.05, 3.63) is 70.3 Å². The first-order valence-corrected chi connectivity index (χ1v) is 9.22. The van der Waals surface area contributed by atoms with Crippen LogP contribution in [0.2, 0.25) is 0 Å². The first kappa shape index (κ1) is 21.4. The molecule has 0 aliphatic carbocycles. The maximum Gasteiger partial charge on any atom is 0.325 e. The summed E-state index contributed by atoms with van der Waals surface area (Å²) in [7, 11) is 0. The summed E-state index contributed by atoms with van der Waals surface area (Å²) >= 11 is 0. The molecule has 148 valence electrons. The molecule has 2 rings (SSSR count). The predicted octanol–water partition coefficient (Wildman–Crippen LogP) is 3.76. The van der Waals surface area contributed by atoms with Gasteiger partial charge in [0.25, 0.3) is 5.91 Å². The first-order valence-electron chi connectivity index (χ1n) is 9.22. The van der Waals surface area contributed by atoms with E-state index in [4.69, 9.17) is 4.74 Å². The lowest BCUT2D eigenvalue weighted by Gasteiger charge is -2.18. The molecular weight excluding hydrogens is 354 g/mol. The fourth-order valence-electron chi connectivity index (χ4n) is 2.80. The molecule has 0 atom stereocenters. The monoisotopic (exact) mass is 381 g/mol. The fraction of sp³-hybridized carbons (Fsp3) is 0.348. The number of benzene rings is 2. The number of ether oxygens (including phenoxy) is 1. The van der Waals surface area contributed by atoms with E-state index in [0.29, 0.717) is 11.1 Å². The van der Waals surface area contributed by atoms with E-state index >= 15 is 0 Å². The largest absolute Gasteiger partial charge is 0.456 e. The molecular formula is C23H27NO4. The average Bonchev–Trinajstić information content (AvgIpc) is 2.62. The highest BCUT2D eigenvalue weighted by atomic mass is 16.5. The minimum Gasteiger partial charge on any atom is -0.456 e. The van der Waals surface area contributed by atoms with Gasteiger partial charge in [0, 0.05) is 11.1 Å². The molecule has 0 fully saturated rings. The summed E-state index contributed by atoms with van der Waals surface area (Å²) in [5.41, 5.74) is 4.03. The second-order valence-electron chi connectivity index (χ2n) is 7.97. The Balaban J connectivity index is 1.83. The van der Waals surface area contributed by atoms with Crippen molar-refractivity contribution in [3.8, 4) is 0 Å². The van der Waals surface area contributed by atoms with Gasteiger partial charge in [0.15, 0.2) is 12.4 Å². The Morgan fingerprint density at radius 2 is 1.46 bits per heavy atom. The first-order chi connectivity index (χ1) is 13.1. The number of carbonyl (C=O) groups excluding carboxylic acids is 3. The number of carbonyl (C=O) groups is 3. The number of hydrogen-bond donors (Lipinski definition) is 1. The molecule has 5 nitrogen and oxygen atoms in total. The number of amides is 1. The lowest BCUT2D eigenvalue weighted by molar-refractivity contribution is -0.141. The zero-order chi connectivity index (χ0) is 20.9. The SMILES string of the molecule is Cc1cc(C)cc(C(=O)NCC(=O)OCC(=O)c2ccc(C(C)(C)C)cc2)c1. The Morgan fingerprint density at radius 3 is 2.00 bits per heavy atom. The Kier molecular flexibility index (Phi) is 6.73. The molecule has 5 heteroatoms. The molecule has 1 N–H and O–H groups in total. The molecule has 0 aliphatic heterocycles. The highest BCUT2D eigenvalue weighted by molar-refractivity contribution is 5.99. The second kappa shape index (κ2) is 8.83. The molecule has 0 aliphatic rings. The van der Waals surface area contributed by atoms with Crippen LogP contribution in [-0.4, -0.2) is 30.8 Å². The number of hydrogen-bond acceptors (Lipinski definition) is 4. The van der Waals surface area contributed by atoms with Gasteiger partial charge in [0.05, 0.1) is 0 Å². The third-order valence-corrected chi connectivity index (χ3v) is 4.31. The van der Waals surface area contributed by atoms with Gasteiger partial charge in [-0.05, 0) is 37.0 Å². The van der Waals surface area contributed by atoms with Crippen molar-refractivity contribution in [2.45, 2.75) is 40.0 Å². The maximum atomic E-state index is 12.2. The molecule has 28 heavy (non-hydrogen) atoms. The van der Waals surface area contributed by atoms with Crippen LogP contribution in [0, 0.1) is 13.8 Å². The van der Waals surface area contributed by atoms with Crippen LogP contribution in [0.4, 0.5) is 0 Å². The van der Waals surface area contributed by atoms with E-state index in [1.165, 1.54) is 0 Å². The van der Waals surface area contributed by atoms with Crippen molar-refractivity contribution in [1.29, 1.82) is 0 Å². The summed E-state index contributed by atoms with van der Waals surface area (Å²) in [5, 5.41) is 2.52. The molecule has 0 radical (unpaired) electrons. The van der Waals surface area contributed by atoms with Gasteiger partial charge in [-0.25, -0.2) is 0 Å². The van der Waals surface area contributed by atoms with E-state index in [2.05, 4.69) is 26.1 Å². The smallest absolute Gasteiger partial charge is 0.325 e. The molecule has 0 spiro atoms. The Labute approximate surface area is 166 Å². The lowest BCUT2D eigenvalue weighted by atomic mass is 9.86. The van der Waals surface area contributed by atoms with Crippen molar-refractivity contribution in [2.24, 2.45) is 0 Å². The van der Waals surface area contributed by atoms with Gasteiger partial charge in [0.1, 0.15) is 6.54 Å². The van der Waals surface area contributed by atoms with Crippen LogP contribution in [0.1, 0.15) is 58.2 Å². The fourth-order valence-corrected chi connectivity index (χ4v) is 2.80. The number of Topliss-reactive ketones (excluding diaryl/α,β-unsaturated/α-hetero) is 1. The van der Waals surface area contributed by atoms with Gasteiger partial charge >= 0.3 is 5.97 Å². The van der Waals surface area contributed by atoms with Gasteiger partial charge in [0.2, 0.25) is 0 Å². The summed E-state index contributed by atoms with van der Waals surface area (Å²) in [6.45, 7) is 9.44. The van der Waals surface area contributed by atoms with Crippen LogP contribution >= 0.6 is 0 Å². The summed E-state index contributed by atoms with van der Waals surface area (Å²) in [6, 6.07) is 12.7. The lowest BCUT2D eigenvalue weighted by Crippen LogP contribution is -2.31. The average molecular weight is 381 g/mol. The van der Waals surface area contributed by atoms with E-state index in [-0.39, 0.29) is 30.3 Å². The Morgan fingerprint density at radius 1 is 0.893 bits per heavy atom. The van der Waals surface area contributed by atoms with E-state index in [9.17, 15) is 14.4 Å². The molecule has 0 heterocycles. The predicted molar refractivity (Wildman–Crippen MR) is 109 cm³/mol. The Hall–Kier alpha value is -2.95. The molecule has 0 unspecified atom stereocenters. The van der Waals surface area contributed by atoms with Crippen LogP contribution in [0.25, 0.3) is 0 Å². The quantitative estimate of drug-likeness (QED) is 0.611. The highest BCUT2D eigenvalue weighted by Crippen LogP contribution is 2.22. The van der Waals surface area contributed by atoms with E-state index < -0.39 is 5.97 Å². The van der Waals surface area contributed by atoms with E-state index in [1.54, 1.807) is 24.3 Å². The van der Waals surface area contributed by atoms with E-state index in [0.717, 1.165) is 16.7 Å². The summed E-state index contributed by atoms with van der Waals surface area (Å²) < 4.78 is 4.99. The van der Waals surface area contributed by atoms with Gasteiger partial charge in [-0.1, -0.05) is 62.2 Å². The second-order valence-corrected chi connectivity index (χ2v) is 7.97. The summed E-state index contributed by atoms with van der Waals surface area (Å²) in [4.78, 5) is 36.2. The highest BCUT2D eigenvalue weighted by Gasteiger charge is 2.16.